The smallest absolute Gasteiger partial charge is 0.317 e. The van der Waals surface area contributed by atoms with E-state index in [2.05, 4.69) is 21.2 Å². The molecule has 0 aromatic rings. The van der Waals surface area contributed by atoms with E-state index in [1.807, 2.05) is 4.90 Å². The predicted octanol–water partition coefficient (Wildman–Crippen LogP) is -0.847. The van der Waals surface area contributed by atoms with Gasteiger partial charge in [0.05, 0.1) is 12.6 Å². The zero-order chi connectivity index (χ0) is 12.1. The molecule has 2 heterocycles. The van der Waals surface area contributed by atoms with Crippen LogP contribution in [-0.2, 0) is 0 Å². The lowest BCUT2D eigenvalue weighted by molar-refractivity contribution is 0.134. The summed E-state index contributed by atoms with van der Waals surface area (Å²) in [4.78, 5) is 17.7. The van der Waals surface area contributed by atoms with Gasteiger partial charge in [0.2, 0.25) is 0 Å². The fourth-order valence-corrected chi connectivity index (χ4v) is 2.26. The first-order valence-electron chi connectivity index (χ1n) is 6.14. The topological polar surface area (TPSA) is 62.6 Å². The standard InChI is InChI=1S/C11H19N5O/c12-1-3-14-5-7-15(8-6-14)9-10-16-4-2-13-11(16)17/h2-10H2,(H,13,17). The van der Waals surface area contributed by atoms with E-state index in [-0.39, 0.29) is 6.03 Å². The summed E-state index contributed by atoms with van der Waals surface area (Å²) in [7, 11) is 0. The molecule has 0 aliphatic carbocycles. The second-order valence-corrected chi connectivity index (χ2v) is 4.49. The molecule has 0 radical (unpaired) electrons. The number of hydrogen-bond donors (Lipinski definition) is 1. The normalized spacial score (nSPS) is 22.5. The van der Waals surface area contributed by atoms with Gasteiger partial charge < -0.3 is 10.2 Å². The van der Waals surface area contributed by atoms with Crippen LogP contribution < -0.4 is 5.32 Å². The summed E-state index contributed by atoms with van der Waals surface area (Å²) < 4.78 is 0. The van der Waals surface area contributed by atoms with Crippen molar-refractivity contribution >= 4 is 6.03 Å². The van der Waals surface area contributed by atoms with Gasteiger partial charge >= 0.3 is 6.03 Å². The number of urea groups is 1. The second kappa shape index (κ2) is 5.84. The number of piperazine rings is 1. The van der Waals surface area contributed by atoms with Crippen LogP contribution in [0.3, 0.4) is 0 Å². The Kier molecular flexibility index (Phi) is 4.18. The van der Waals surface area contributed by atoms with Crippen molar-refractivity contribution in [2.75, 3.05) is 58.9 Å². The molecule has 0 aromatic carbocycles. The van der Waals surface area contributed by atoms with Crippen LogP contribution in [-0.4, -0.2) is 79.6 Å². The van der Waals surface area contributed by atoms with Crippen LogP contribution in [0.4, 0.5) is 4.79 Å². The third kappa shape index (κ3) is 3.32. The number of nitrogens with zero attached hydrogens (tertiary/aromatic N) is 4. The Hall–Kier alpha value is -1.32. The van der Waals surface area contributed by atoms with Crippen molar-refractivity contribution in [2.24, 2.45) is 0 Å². The van der Waals surface area contributed by atoms with Crippen LogP contribution in [0.2, 0.25) is 0 Å². The molecule has 2 aliphatic heterocycles. The van der Waals surface area contributed by atoms with Crippen LogP contribution >= 0.6 is 0 Å². The lowest BCUT2D eigenvalue weighted by Crippen LogP contribution is -2.48. The molecule has 2 aliphatic rings. The van der Waals surface area contributed by atoms with Gasteiger partial charge in [-0.1, -0.05) is 0 Å². The third-order valence-electron chi connectivity index (χ3n) is 3.39. The summed E-state index contributed by atoms with van der Waals surface area (Å²) in [5.74, 6) is 0. The summed E-state index contributed by atoms with van der Waals surface area (Å²) in [6.07, 6.45) is 0. The Morgan fingerprint density at radius 3 is 2.41 bits per heavy atom. The Morgan fingerprint density at radius 2 is 1.82 bits per heavy atom. The first-order chi connectivity index (χ1) is 8.29. The van der Waals surface area contributed by atoms with Gasteiger partial charge in [-0.2, -0.15) is 5.26 Å². The molecule has 0 bridgehead atoms. The van der Waals surface area contributed by atoms with Crippen LogP contribution in [0, 0.1) is 11.3 Å². The molecule has 0 saturated carbocycles. The van der Waals surface area contributed by atoms with Crippen LogP contribution in [0.15, 0.2) is 0 Å². The Balaban J connectivity index is 1.65. The number of nitriles is 1. The van der Waals surface area contributed by atoms with Crippen molar-refractivity contribution in [3.05, 3.63) is 0 Å². The summed E-state index contributed by atoms with van der Waals surface area (Å²) in [5.41, 5.74) is 0. The number of nitrogens with one attached hydrogen (secondary N) is 1. The van der Waals surface area contributed by atoms with Gasteiger partial charge in [-0.3, -0.25) is 9.80 Å². The minimum atomic E-state index is 0.0631. The number of hydrogen-bond acceptors (Lipinski definition) is 4. The Labute approximate surface area is 102 Å². The maximum Gasteiger partial charge on any atom is 0.317 e. The lowest BCUT2D eigenvalue weighted by atomic mass is 10.3. The van der Waals surface area contributed by atoms with E-state index in [0.717, 1.165) is 52.4 Å². The highest BCUT2D eigenvalue weighted by molar-refractivity contribution is 5.76. The third-order valence-corrected chi connectivity index (χ3v) is 3.39. The highest BCUT2D eigenvalue weighted by Gasteiger charge is 2.21. The number of carbonyl (C=O) groups excluding carboxylic acids is 1. The molecule has 94 valence electrons. The average Bonchev–Trinajstić information content (AvgIpc) is 2.75. The van der Waals surface area contributed by atoms with Crippen molar-refractivity contribution in [3.63, 3.8) is 0 Å². The Morgan fingerprint density at radius 1 is 1.12 bits per heavy atom. The van der Waals surface area contributed by atoms with Gasteiger partial charge in [0.25, 0.3) is 0 Å². The van der Waals surface area contributed by atoms with E-state index in [1.165, 1.54) is 0 Å². The first kappa shape index (κ1) is 12.1. The Bertz CT molecular complexity index is 305. The van der Waals surface area contributed by atoms with Crippen molar-refractivity contribution < 1.29 is 4.79 Å². The van der Waals surface area contributed by atoms with Crippen LogP contribution in [0.1, 0.15) is 0 Å². The highest BCUT2D eigenvalue weighted by atomic mass is 16.2. The van der Waals surface area contributed by atoms with Crippen LogP contribution in [0.25, 0.3) is 0 Å². The summed E-state index contributed by atoms with van der Waals surface area (Å²) >= 11 is 0. The minimum absolute atomic E-state index is 0.0631. The van der Waals surface area contributed by atoms with Gasteiger partial charge in [-0.15, -0.1) is 0 Å². The maximum atomic E-state index is 11.3. The van der Waals surface area contributed by atoms with Crippen molar-refractivity contribution in [3.8, 4) is 6.07 Å². The molecule has 0 atom stereocenters. The second-order valence-electron chi connectivity index (χ2n) is 4.49. The molecule has 17 heavy (non-hydrogen) atoms. The zero-order valence-electron chi connectivity index (χ0n) is 10.1. The molecule has 2 fully saturated rings. The highest BCUT2D eigenvalue weighted by Crippen LogP contribution is 2.02. The first-order valence-corrected chi connectivity index (χ1v) is 6.14. The van der Waals surface area contributed by atoms with E-state index in [0.29, 0.717) is 6.54 Å². The van der Waals surface area contributed by atoms with Gasteiger partial charge in [-0.25, -0.2) is 4.79 Å². The number of carbonyl (C=O) groups is 1. The quantitative estimate of drug-likeness (QED) is 0.647. The van der Waals surface area contributed by atoms with E-state index < -0.39 is 0 Å². The molecule has 2 amide bonds. The van der Waals surface area contributed by atoms with Gasteiger partial charge in [0.15, 0.2) is 0 Å². The van der Waals surface area contributed by atoms with Crippen molar-refractivity contribution in [1.82, 2.24) is 20.0 Å². The molecular weight excluding hydrogens is 218 g/mol. The monoisotopic (exact) mass is 237 g/mol. The van der Waals surface area contributed by atoms with Gasteiger partial charge in [0.1, 0.15) is 0 Å². The number of amides is 2. The summed E-state index contributed by atoms with van der Waals surface area (Å²) in [6, 6.07) is 2.24. The van der Waals surface area contributed by atoms with Crippen molar-refractivity contribution in [1.29, 1.82) is 5.26 Å². The summed E-state index contributed by atoms with van der Waals surface area (Å²) in [6.45, 7) is 7.79. The van der Waals surface area contributed by atoms with Gasteiger partial charge in [0, 0.05) is 52.4 Å². The zero-order valence-corrected chi connectivity index (χ0v) is 10.1. The fourth-order valence-electron chi connectivity index (χ4n) is 2.26. The molecule has 0 aromatic heterocycles. The average molecular weight is 237 g/mol. The summed E-state index contributed by atoms with van der Waals surface area (Å²) in [5, 5.41) is 11.4. The SMILES string of the molecule is N#CCN1CCN(CCN2CCNC2=O)CC1. The molecule has 6 nitrogen and oxygen atoms in total. The van der Waals surface area contributed by atoms with E-state index >= 15 is 0 Å². The van der Waals surface area contributed by atoms with Gasteiger partial charge in [-0.05, 0) is 0 Å². The fraction of sp³-hybridized carbons (Fsp3) is 0.818. The maximum absolute atomic E-state index is 11.3. The van der Waals surface area contributed by atoms with E-state index in [1.54, 1.807) is 0 Å². The molecule has 2 saturated heterocycles. The van der Waals surface area contributed by atoms with E-state index in [9.17, 15) is 4.79 Å². The lowest BCUT2D eigenvalue weighted by Gasteiger charge is -2.34. The van der Waals surface area contributed by atoms with Crippen molar-refractivity contribution in [2.45, 2.75) is 0 Å². The molecule has 2 rings (SSSR count). The molecule has 0 spiro atoms. The predicted molar refractivity (Wildman–Crippen MR) is 63.5 cm³/mol. The molecular formula is C11H19N5O. The largest absolute Gasteiger partial charge is 0.336 e. The number of rotatable bonds is 4. The molecule has 1 N–H and O–H groups in total. The minimum Gasteiger partial charge on any atom is -0.336 e. The molecule has 6 heteroatoms. The van der Waals surface area contributed by atoms with E-state index in [4.69, 9.17) is 5.26 Å². The molecule has 0 unspecified atom stereocenters. The van der Waals surface area contributed by atoms with Crippen LogP contribution in [0.5, 0.6) is 0 Å².